The number of aromatic nitrogens is 1. The fourth-order valence-corrected chi connectivity index (χ4v) is 5.71. The van der Waals surface area contributed by atoms with E-state index in [1.807, 2.05) is 79.7 Å². The molecule has 0 saturated heterocycles. The van der Waals surface area contributed by atoms with Gasteiger partial charge in [0.1, 0.15) is 5.75 Å². The first-order valence-electron chi connectivity index (χ1n) is 11.1. The number of fused-ring (bicyclic) bond motifs is 1. The number of methoxy groups -OCH3 is 1. The lowest BCUT2D eigenvalue weighted by Crippen LogP contribution is -2.25. The van der Waals surface area contributed by atoms with Gasteiger partial charge in [-0.3, -0.25) is 4.98 Å². The largest absolute Gasteiger partial charge is 0.497 e. The van der Waals surface area contributed by atoms with Gasteiger partial charge in [0.25, 0.3) is 0 Å². The molecule has 8 heteroatoms. The van der Waals surface area contributed by atoms with Crippen LogP contribution >= 0.6 is 11.6 Å². The zero-order chi connectivity index (χ0) is 24.7. The molecule has 0 spiro atoms. The lowest BCUT2D eigenvalue weighted by atomic mass is 9.89. The number of hydrogen-bond donors (Lipinski definition) is 0. The highest BCUT2D eigenvalue weighted by molar-refractivity contribution is 7.88. The molecular formula is C27H24ClN3O3S. The molecule has 0 fully saturated rings. The number of halogens is 1. The molecular weight excluding hydrogens is 482 g/mol. The highest BCUT2D eigenvalue weighted by Crippen LogP contribution is 2.40. The SMILES string of the molecule is COc1ccc([C@@H]2CC(c3c(C)nc4ccc(Cl)cc4c3-c3ccccc3)=NN2S(C)(=O)=O)cc1. The molecule has 178 valence electrons. The average molecular weight is 506 g/mol. The highest BCUT2D eigenvalue weighted by Gasteiger charge is 2.36. The van der Waals surface area contributed by atoms with Gasteiger partial charge in [-0.25, -0.2) is 8.42 Å². The van der Waals surface area contributed by atoms with Crippen molar-refractivity contribution in [2.24, 2.45) is 5.10 Å². The number of hydrazone groups is 1. The molecule has 0 bridgehead atoms. The summed E-state index contributed by atoms with van der Waals surface area (Å²) in [7, 11) is -2.02. The Hall–Kier alpha value is -3.42. The van der Waals surface area contributed by atoms with Gasteiger partial charge in [-0.15, -0.1) is 0 Å². The van der Waals surface area contributed by atoms with Crippen molar-refractivity contribution in [1.82, 2.24) is 9.40 Å². The molecule has 1 aliphatic heterocycles. The van der Waals surface area contributed by atoms with Crippen LogP contribution in [0.4, 0.5) is 0 Å². The van der Waals surface area contributed by atoms with Crippen LogP contribution in [0.1, 0.15) is 29.3 Å². The first kappa shape index (κ1) is 23.3. The third kappa shape index (κ3) is 4.37. The lowest BCUT2D eigenvalue weighted by Gasteiger charge is -2.21. The van der Waals surface area contributed by atoms with E-state index in [9.17, 15) is 8.42 Å². The number of hydrogen-bond acceptors (Lipinski definition) is 5. The van der Waals surface area contributed by atoms with E-state index in [2.05, 4.69) is 5.10 Å². The summed E-state index contributed by atoms with van der Waals surface area (Å²) >= 11 is 6.39. The van der Waals surface area contributed by atoms with Crippen molar-refractivity contribution in [2.75, 3.05) is 13.4 Å². The predicted molar refractivity (Wildman–Crippen MR) is 140 cm³/mol. The van der Waals surface area contributed by atoms with Crippen LogP contribution < -0.4 is 4.74 Å². The number of pyridine rings is 1. The molecule has 6 nitrogen and oxygen atoms in total. The minimum atomic E-state index is -3.62. The summed E-state index contributed by atoms with van der Waals surface area (Å²) in [6.07, 6.45) is 1.59. The Kier molecular flexibility index (Phi) is 5.99. The summed E-state index contributed by atoms with van der Waals surface area (Å²) < 4.78 is 32.0. The van der Waals surface area contributed by atoms with Crippen LogP contribution in [0.25, 0.3) is 22.0 Å². The molecule has 35 heavy (non-hydrogen) atoms. The maximum atomic E-state index is 12.8. The Balaban J connectivity index is 1.73. The quantitative estimate of drug-likeness (QED) is 0.334. The zero-order valence-electron chi connectivity index (χ0n) is 19.6. The third-order valence-corrected chi connectivity index (χ3v) is 7.44. The first-order chi connectivity index (χ1) is 16.8. The highest BCUT2D eigenvalue weighted by atomic mass is 35.5. The molecule has 0 radical (unpaired) electrons. The molecule has 0 N–H and O–H groups in total. The molecule has 0 unspecified atom stereocenters. The second-order valence-corrected chi connectivity index (χ2v) is 10.8. The van der Waals surface area contributed by atoms with Crippen LogP contribution in [0, 0.1) is 6.92 Å². The van der Waals surface area contributed by atoms with Crippen LogP contribution in [0.3, 0.4) is 0 Å². The van der Waals surface area contributed by atoms with E-state index in [1.165, 1.54) is 10.7 Å². The van der Waals surface area contributed by atoms with Crippen molar-refractivity contribution < 1.29 is 13.2 Å². The summed E-state index contributed by atoms with van der Waals surface area (Å²) in [4.78, 5) is 4.83. The number of rotatable bonds is 5. The summed E-state index contributed by atoms with van der Waals surface area (Å²) in [6, 6.07) is 22.6. The molecule has 1 atom stereocenters. The fourth-order valence-electron chi connectivity index (χ4n) is 4.64. The molecule has 2 heterocycles. The third-order valence-electron chi connectivity index (χ3n) is 6.19. The van der Waals surface area contributed by atoms with Crippen LogP contribution in [0.2, 0.25) is 5.02 Å². The zero-order valence-corrected chi connectivity index (χ0v) is 21.1. The van der Waals surface area contributed by atoms with Gasteiger partial charge in [0, 0.05) is 33.7 Å². The van der Waals surface area contributed by atoms with E-state index in [0.717, 1.165) is 38.9 Å². The second-order valence-electron chi connectivity index (χ2n) is 8.55. The first-order valence-corrected chi connectivity index (χ1v) is 13.4. The molecule has 3 aromatic carbocycles. The molecule has 1 aliphatic rings. The Bertz CT molecular complexity index is 1550. The standard InChI is InChI=1S/C27H24ClN3O3S/c1-17-26(27(19-7-5-4-6-8-19)22-15-20(28)11-14-23(22)29-17)24-16-25(31(30-24)35(3,32)33)18-9-12-21(34-2)13-10-18/h4-15,25H,16H2,1-3H3/t25-/m0/s1. The van der Waals surface area contributed by atoms with Gasteiger partial charge >= 0.3 is 0 Å². The smallest absolute Gasteiger partial charge is 0.247 e. The van der Waals surface area contributed by atoms with Gasteiger partial charge < -0.3 is 4.74 Å². The van der Waals surface area contributed by atoms with Crippen LogP contribution in [-0.4, -0.2) is 36.9 Å². The minimum Gasteiger partial charge on any atom is -0.497 e. The lowest BCUT2D eigenvalue weighted by molar-refractivity contribution is 0.374. The summed E-state index contributed by atoms with van der Waals surface area (Å²) in [5.41, 5.74) is 5.87. The van der Waals surface area contributed by atoms with E-state index in [0.29, 0.717) is 22.9 Å². The molecule has 5 rings (SSSR count). The number of aryl methyl sites for hydroxylation is 1. The van der Waals surface area contributed by atoms with Crippen LogP contribution in [0.5, 0.6) is 5.75 Å². The normalized spacial score (nSPS) is 15.9. The van der Waals surface area contributed by atoms with E-state index < -0.39 is 16.1 Å². The van der Waals surface area contributed by atoms with Gasteiger partial charge in [0.2, 0.25) is 10.0 Å². The van der Waals surface area contributed by atoms with Crippen LogP contribution in [0.15, 0.2) is 77.9 Å². The maximum absolute atomic E-state index is 12.8. The van der Waals surface area contributed by atoms with Crippen molar-refractivity contribution in [3.63, 3.8) is 0 Å². The van der Waals surface area contributed by atoms with E-state index in [4.69, 9.17) is 21.3 Å². The van der Waals surface area contributed by atoms with Gasteiger partial charge in [-0.1, -0.05) is 54.1 Å². The van der Waals surface area contributed by atoms with Crippen molar-refractivity contribution in [2.45, 2.75) is 19.4 Å². The summed E-state index contributed by atoms with van der Waals surface area (Å²) in [6.45, 7) is 1.93. The van der Waals surface area contributed by atoms with Gasteiger partial charge in [0.15, 0.2) is 0 Å². The van der Waals surface area contributed by atoms with Crippen molar-refractivity contribution in [1.29, 1.82) is 0 Å². The summed E-state index contributed by atoms with van der Waals surface area (Å²) in [5, 5.41) is 6.16. The molecule has 0 aliphatic carbocycles. The van der Waals surface area contributed by atoms with Crippen molar-refractivity contribution in [3.8, 4) is 16.9 Å². The molecule has 0 saturated carbocycles. The fraction of sp³-hybridized carbons (Fsp3) is 0.185. The topological polar surface area (TPSA) is 71.9 Å². The average Bonchev–Trinajstić information content (AvgIpc) is 3.30. The van der Waals surface area contributed by atoms with Gasteiger partial charge in [-0.05, 0) is 48.4 Å². The Labute approximate surface area is 209 Å². The van der Waals surface area contributed by atoms with E-state index >= 15 is 0 Å². The number of benzene rings is 3. The van der Waals surface area contributed by atoms with Crippen LogP contribution in [-0.2, 0) is 10.0 Å². The Morgan fingerprint density at radius 1 is 1.00 bits per heavy atom. The van der Waals surface area contributed by atoms with E-state index in [-0.39, 0.29) is 0 Å². The maximum Gasteiger partial charge on any atom is 0.247 e. The van der Waals surface area contributed by atoms with Gasteiger partial charge in [0.05, 0.1) is 30.6 Å². The molecule has 0 amide bonds. The monoisotopic (exact) mass is 505 g/mol. The minimum absolute atomic E-state index is 0.411. The molecule has 1 aromatic heterocycles. The Morgan fingerprint density at radius 2 is 1.71 bits per heavy atom. The number of nitrogens with zero attached hydrogens (tertiary/aromatic N) is 3. The predicted octanol–water partition coefficient (Wildman–Crippen LogP) is 5.98. The van der Waals surface area contributed by atoms with Gasteiger partial charge in [-0.2, -0.15) is 9.52 Å². The molecule has 4 aromatic rings. The van der Waals surface area contributed by atoms with Crippen molar-refractivity contribution >= 4 is 38.2 Å². The number of sulfonamides is 1. The second kappa shape index (κ2) is 8.98. The van der Waals surface area contributed by atoms with Crippen molar-refractivity contribution in [3.05, 3.63) is 94.6 Å². The van der Waals surface area contributed by atoms with E-state index in [1.54, 1.807) is 7.11 Å². The Morgan fingerprint density at radius 3 is 2.37 bits per heavy atom. The number of ether oxygens (including phenoxy) is 1. The summed E-state index contributed by atoms with van der Waals surface area (Å²) in [5.74, 6) is 0.705.